The molecule has 0 spiro atoms. The minimum absolute atomic E-state index is 0.0109. The molecule has 4 nitrogen and oxygen atoms in total. The van der Waals surface area contributed by atoms with Gasteiger partial charge in [-0.1, -0.05) is 6.07 Å². The topological polar surface area (TPSA) is 47.6 Å². The molecule has 0 saturated carbocycles. The number of benzene rings is 1. The molecule has 1 aromatic carbocycles. The molecule has 0 bridgehead atoms. The van der Waals surface area contributed by atoms with Gasteiger partial charge in [0.1, 0.15) is 6.61 Å². The van der Waals surface area contributed by atoms with Crippen molar-refractivity contribution in [3.63, 3.8) is 0 Å². The molecule has 1 N–H and O–H groups in total. The van der Waals surface area contributed by atoms with Crippen molar-refractivity contribution in [2.45, 2.75) is 13.0 Å². The Morgan fingerprint density at radius 2 is 2.18 bits per heavy atom. The molecule has 1 amide bonds. The normalized spacial score (nSPS) is 12.0. The molecule has 1 aromatic rings. The zero-order valence-corrected chi connectivity index (χ0v) is 10.1. The van der Waals surface area contributed by atoms with E-state index in [2.05, 4.69) is 5.32 Å². The smallest absolute Gasteiger partial charge is 0.246 e. The van der Waals surface area contributed by atoms with Crippen LogP contribution < -0.4 is 10.1 Å². The van der Waals surface area contributed by atoms with Crippen molar-refractivity contribution in [2.75, 3.05) is 20.8 Å². The van der Waals surface area contributed by atoms with Crippen LogP contribution in [-0.4, -0.2) is 26.7 Å². The van der Waals surface area contributed by atoms with Crippen LogP contribution in [0.4, 0.5) is 4.39 Å². The number of methoxy groups -OCH3 is 2. The number of hydrogen-bond donors (Lipinski definition) is 1. The second kappa shape index (κ2) is 6.20. The Morgan fingerprint density at radius 1 is 1.47 bits per heavy atom. The maximum atomic E-state index is 13.4. The third kappa shape index (κ3) is 3.71. The van der Waals surface area contributed by atoms with Crippen molar-refractivity contribution in [3.05, 3.63) is 29.6 Å². The van der Waals surface area contributed by atoms with Crippen molar-refractivity contribution >= 4 is 5.91 Å². The highest BCUT2D eigenvalue weighted by Gasteiger charge is 2.11. The van der Waals surface area contributed by atoms with E-state index in [1.807, 2.05) is 0 Å². The summed E-state index contributed by atoms with van der Waals surface area (Å²) < 4.78 is 22.9. The molecule has 17 heavy (non-hydrogen) atoms. The maximum Gasteiger partial charge on any atom is 0.246 e. The zero-order chi connectivity index (χ0) is 12.8. The fraction of sp³-hybridized carbons (Fsp3) is 0.417. The average molecular weight is 241 g/mol. The van der Waals surface area contributed by atoms with E-state index in [1.165, 1.54) is 26.4 Å². The molecule has 1 rings (SSSR count). The molecule has 1 atom stereocenters. The second-order valence-electron chi connectivity index (χ2n) is 3.62. The Balaban J connectivity index is 2.72. The summed E-state index contributed by atoms with van der Waals surface area (Å²) in [7, 11) is 2.85. The van der Waals surface area contributed by atoms with Gasteiger partial charge in [0.25, 0.3) is 0 Å². The van der Waals surface area contributed by atoms with E-state index in [4.69, 9.17) is 9.47 Å². The third-order valence-corrected chi connectivity index (χ3v) is 2.33. The van der Waals surface area contributed by atoms with Crippen LogP contribution in [0.25, 0.3) is 0 Å². The summed E-state index contributed by atoms with van der Waals surface area (Å²) in [6.07, 6.45) is 0. The van der Waals surface area contributed by atoms with Crippen LogP contribution in [0.3, 0.4) is 0 Å². The number of hydrogen-bond acceptors (Lipinski definition) is 3. The molecule has 0 heterocycles. The standard InChI is InChI=1S/C12H16FNO3/c1-8(14-12(15)7-16-2)9-4-5-11(17-3)10(13)6-9/h4-6,8H,7H2,1-3H3,(H,14,15)/t8-/m0/s1. The maximum absolute atomic E-state index is 13.4. The van der Waals surface area contributed by atoms with Crippen LogP contribution in [-0.2, 0) is 9.53 Å². The van der Waals surface area contributed by atoms with E-state index in [0.717, 1.165) is 0 Å². The first kappa shape index (κ1) is 13.4. The Bertz CT molecular complexity index is 395. The number of ether oxygens (including phenoxy) is 2. The van der Waals surface area contributed by atoms with Gasteiger partial charge in [-0.3, -0.25) is 4.79 Å². The first-order chi connectivity index (χ1) is 8.08. The molecular formula is C12H16FNO3. The fourth-order valence-corrected chi connectivity index (χ4v) is 1.45. The van der Waals surface area contributed by atoms with Crippen molar-refractivity contribution in [3.8, 4) is 5.75 Å². The van der Waals surface area contributed by atoms with E-state index < -0.39 is 5.82 Å². The van der Waals surface area contributed by atoms with Gasteiger partial charge in [-0.25, -0.2) is 4.39 Å². The second-order valence-corrected chi connectivity index (χ2v) is 3.62. The minimum Gasteiger partial charge on any atom is -0.494 e. The summed E-state index contributed by atoms with van der Waals surface area (Å²) >= 11 is 0. The summed E-state index contributed by atoms with van der Waals surface area (Å²) in [5.41, 5.74) is 0.674. The lowest BCUT2D eigenvalue weighted by molar-refractivity contribution is -0.125. The largest absolute Gasteiger partial charge is 0.494 e. The van der Waals surface area contributed by atoms with Gasteiger partial charge >= 0.3 is 0 Å². The van der Waals surface area contributed by atoms with Gasteiger partial charge in [-0.2, -0.15) is 0 Å². The summed E-state index contributed by atoms with van der Waals surface area (Å²) in [6, 6.07) is 4.30. The van der Waals surface area contributed by atoms with Crippen molar-refractivity contribution < 1.29 is 18.7 Å². The van der Waals surface area contributed by atoms with E-state index in [1.54, 1.807) is 13.0 Å². The lowest BCUT2D eigenvalue weighted by Crippen LogP contribution is -2.29. The van der Waals surface area contributed by atoms with Crippen LogP contribution >= 0.6 is 0 Å². The molecule has 0 aromatic heterocycles. The van der Waals surface area contributed by atoms with Crippen LogP contribution in [0.1, 0.15) is 18.5 Å². The van der Waals surface area contributed by atoms with Crippen molar-refractivity contribution in [2.24, 2.45) is 0 Å². The summed E-state index contributed by atoms with van der Waals surface area (Å²) in [5.74, 6) is -0.502. The average Bonchev–Trinajstić information content (AvgIpc) is 2.29. The van der Waals surface area contributed by atoms with Gasteiger partial charge in [0.05, 0.1) is 13.2 Å². The first-order valence-electron chi connectivity index (χ1n) is 5.20. The van der Waals surface area contributed by atoms with E-state index in [-0.39, 0.29) is 24.3 Å². The Labute approximate surface area is 99.7 Å². The highest BCUT2D eigenvalue weighted by atomic mass is 19.1. The van der Waals surface area contributed by atoms with Crippen molar-refractivity contribution in [1.29, 1.82) is 0 Å². The van der Waals surface area contributed by atoms with Crippen LogP contribution in [0, 0.1) is 5.82 Å². The van der Waals surface area contributed by atoms with E-state index >= 15 is 0 Å². The lowest BCUT2D eigenvalue weighted by Gasteiger charge is -2.14. The van der Waals surface area contributed by atoms with Gasteiger partial charge in [-0.15, -0.1) is 0 Å². The molecule has 0 saturated heterocycles. The van der Waals surface area contributed by atoms with Gasteiger partial charge in [-0.05, 0) is 24.6 Å². The fourth-order valence-electron chi connectivity index (χ4n) is 1.45. The number of carbonyl (C=O) groups is 1. The highest BCUT2D eigenvalue weighted by Crippen LogP contribution is 2.21. The molecule has 0 aliphatic rings. The summed E-state index contributed by atoms with van der Waals surface area (Å²) in [6.45, 7) is 1.76. The first-order valence-corrected chi connectivity index (χ1v) is 5.20. The number of halogens is 1. The van der Waals surface area contributed by atoms with Gasteiger partial charge < -0.3 is 14.8 Å². The van der Waals surface area contributed by atoms with Gasteiger partial charge in [0.15, 0.2) is 11.6 Å². The minimum atomic E-state index is -0.446. The number of nitrogens with one attached hydrogen (secondary N) is 1. The van der Waals surface area contributed by atoms with Crippen LogP contribution in [0.15, 0.2) is 18.2 Å². The number of carbonyl (C=O) groups excluding carboxylic acids is 1. The van der Waals surface area contributed by atoms with Gasteiger partial charge in [0, 0.05) is 7.11 Å². The number of amides is 1. The molecule has 0 unspecified atom stereocenters. The van der Waals surface area contributed by atoms with Crippen LogP contribution in [0.5, 0.6) is 5.75 Å². The molecule has 0 aliphatic heterocycles. The van der Waals surface area contributed by atoms with Crippen LogP contribution in [0.2, 0.25) is 0 Å². The van der Waals surface area contributed by atoms with Crippen molar-refractivity contribution in [1.82, 2.24) is 5.32 Å². The lowest BCUT2D eigenvalue weighted by atomic mass is 10.1. The quantitative estimate of drug-likeness (QED) is 0.852. The van der Waals surface area contributed by atoms with E-state index in [0.29, 0.717) is 5.56 Å². The Hall–Kier alpha value is -1.62. The highest BCUT2D eigenvalue weighted by molar-refractivity contribution is 5.77. The Kier molecular flexibility index (Phi) is 4.90. The number of rotatable bonds is 5. The van der Waals surface area contributed by atoms with E-state index in [9.17, 15) is 9.18 Å². The molecule has 94 valence electrons. The SMILES string of the molecule is COCC(=O)N[C@@H](C)c1ccc(OC)c(F)c1. The predicted octanol–water partition coefficient (Wildman–Crippen LogP) is 1.66. The zero-order valence-electron chi connectivity index (χ0n) is 10.1. The summed E-state index contributed by atoms with van der Waals surface area (Å²) in [4.78, 5) is 11.3. The summed E-state index contributed by atoms with van der Waals surface area (Å²) in [5, 5.41) is 2.69. The molecule has 0 aliphatic carbocycles. The third-order valence-electron chi connectivity index (χ3n) is 2.33. The van der Waals surface area contributed by atoms with Gasteiger partial charge in [0.2, 0.25) is 5.91 Å². The Morgan fingerprint density at radius 3 is 2.71 bits per heavy atom. The monoisotopic (exact) mass is 241 g/mol. The molecule has 5 heteroatoms. The molecule has 0 radical (unpaired) electrons. The predicted molar refractivity (Wildman–Crippen MR) is 61.4 cm³/mol. The molecular weight excluding hydrogens is 225 g/mol. The molecule has 0 fully saturated rings.